The monoisotopic (exact) mass is 516 g/mol. The Morgan fingerprint density at radius 3 is 2.66 bits per heavy atom. The summed E-state index contributed by atoms with van der Waals surface area (Å²) < 4.78 is 20.9. The minimum Gasteiger partial charge on any atom is -0.379 e. The van der Waals surface area contributed by atoms with Crippen molar-refractivity contribution in [3.05, 3.63) is 54.4 Å². The molecule has 160 valence electrons. The van der Waals surface area contributed by atoms with Crippen LogP contribution in [-0.2, 0) is 11.3 Å². The van der Waals surface area contributed by atoms with Crippen molar-refractivity contribution in [3.63, 3.8) is 0 Å². The Balaban J connectivity index is 0.00000300. The van der Waals surface area contributed by atoms with E-state index in [1.54, 1.807) is 12.5 Å². The number of rotatable bonds is 8. The zero-order valence-corrected chi connectivity index (χ0v) is 19.1. The molecule has 2 N–H and O–H groups in total. The third-order valence-electron chi connectivity index (χ3n) is 4.73. The molecule has 1 aromatic heterocycles. The summed E-state index contributed by atoms with van der Waals surface area (Å²) in [7, 11) is 0. The summed E-state index contributed by atoms with van der Waals surface area (Å²) in [5.41, 5.74) is 1.07. The minimum absolute atomic E-state index is 0. The van der Waals surface area contributed by atoms with Crippen LogP contribution in [-0.4, -0.2) is 66.3 Å². The molecule has 1 aliphatic rings. The summed E-state index contributed by atoms with van der Waals surface area (Å²) >= 11 is 0. The number of aromatic nitrogens is 2. The summed E-state index contributed by atoms with van der Waals surface area (Å²) in [6, 6.07) is 6.82. The van der Waals surface area contributed by atoms with Crippen LogP contribution in [0.25, 0.3) is 0 Å². The zero-order chi connectivity index (χ0) is 19.6. The first-order valence-electron chi connectivity index (χ1n) is 9.81. The van der Waals surface area contributed by atoms with Crippen LogP contribution in [0.15, 0.2) is 48.0 Å². The number of morpholine rings is 1. The van der Waals surface area contributed by atoms with Crippen LogP contribution in [0.2, 0.25) is 0 Å². The Labute approximate surface area is 188 Å². The molecule has 0 aliphatic carbocycles. The van der Waals surface area contributed by atoms with E-state index in [-0.39, 0.29) is 35.8 Å². The van der Waals surface area contributed by atoms with Gasteiger partial charge in [0.25, 0.3) is 0 Å². The predicted octanol–water partition coefficient (Wildman–Crippen LogP) is 2.27. The van der Waals surface area contributed by atoms with Gasteiger partial charge in [0.05, 0.1) is 32.1 Å². The number of ether oxygens (including phenoxy) is 1. The van der Waals surface area contributed by atoms with Gasteiger partial charge in [-0.3, -0.25) is 9.89 Å². The van der Waals surface area contributed by atoms with E-state index in [0.29, 0.717) is 19.8 Å². The van der Waals surface area contributed by atoms with Gasteiger partial charge in [0.2, 0.25) is 0 Å². The van der Waals surface area contributed by atoms with Crippen LogP contribution in [0, 0.1) is 5.82 Å². The van der Waals surface area contributed by atoms with Crippen molar-refractivity contribution < 1.29 is 9.13 Å². The molecule has 0 saturated carbocycles. The molecule has 1 fully saturated rings. The number of guanidine groups is 1. The molecule has 3 rings (SSSR count). The van der Waals surface area contributed by atoms with Gasteiger partial charge in [0.15, 0.2) is 5.96 Å². The summed E-state index contributed by atoms with van der Waals surface area (Å²) in [6.45, 7) is 8.12. The summed E-state index contributed by atoms with van der Waals surface area (Å²) in [5.74, 6) is 0.561. The van der Waals surface area contributed by atoms with Crippen LogP contribution in [0.1, 0.15) is 18.5 Å². The Morgan fingerprint density at radius 1 is 1.24 bits per heavy atom. The lowest BCUT2D eigenvalue weighted by Gasteiger charge is -2.34. The number of aliphatic imine (C=N–C) groups is 1. The van der Waals surface area contributed by atoms with Gasteiger partial charge in [-0.1, -0.05) is 12.1 Å². The van der Waals surface area contributed by atoms with Crippen molar-refractivity contribution in [2.45, 2.75) is 19.5 Å². The average Bonchev–Trinajstić information content (AvgIpc) is 3.24. The summed E-state index contributed by atoms with van der Waals surface area (Å²) in [5, 5.41) is 6.66. The molecular weight excluding hydrogens is 486 g/mol. The average molecular weight is 516 g/mol. The van der Waals surface area contributed by atoms with Gasteiger partial charge in [-0.05, 0) is 24.6 Å². The fourth-order valence-electron chi connectivity index (χ4n) is 3.25. The lowest BCUT2D eigenvalue weighted by molar-refractivity contribution is 0.0179. The summed E-state index contributed by atoms with van der Waals surface area (Å²) in [6.07, 6.45) is 5.51. The number of imidazole rings is 1. The lowest BCUT2D eigenvalue weighted by atomic mass is 10.0. The molecule has 7 nitrogen and oxygen atoms in total. The van der Waals surface area contributed by atoms with Gasteiger partial charge in [-0.15, -0.1) is 24.0 Å². The molecule has 0 spiro atoms. The van der Waals surface area contributed by atoms with Crippen molar-refractivity contribution in [2.75, 3.05) is 45.9 Å². The summed E-state index contributed by atoms with van der Waals surface area (Å²) in [4.78, 5) is 11.2. The molecule has 2 heterocycles. The lowest BCUT2D eigenvalue weighted by Crippen LogP contribution is -2.42. The van der Waals surface area contributed by atoms with Gasteiger partial charge in [0, 0.05) is 45.1 Å². The van der Waals surface area contributed by atoms with Crippen molar-refractivity contribution in [2.24, 2.45) is 4.99 Å². The van der Waals surface area contributed by atoms with E-state index in [1.807, 2.05) is 29.8 Å². The van der Waals surface area contributed by atoms with Gasteiger partial charge < -0.3 is 19.9 Å². The van der Waals surface area contributed by atoms with Crippen molar-refractivity contribution in [3.8, 4) is 0 Å². The quantitative estimate of drug-likeness (QED) is 0.320. The van der Waals surface area contributed by atoms with E-state index in [9.17, 15) is 4.39 Å². The molecule has 0 amide bonds. The highest BCUT2D eigenvalue weighted by atomic mass is 127. The number of halogens is 2. The predicted molar refractivity (Wildman–Crippen MR) is 123 cm³/mol. The first-order valence-corrected chi connectivity index (χ1v) is 9.81. The third kappa shape index (κ3) is 7.56. The first-order chi connectivity index (χ1) is 13.8. The second-order valence-electron chi connectivity index (χ2n) is 6.66. The fraction of sp³-hybridized carbons (Fsp3) is 0.500. The van der Waals surface area contributed by atoms with E-state index >= 15 is 0 Å². The topological polar surface area (TPSA) is 66.7 Å². The number of nitrogens with one attached hydrogen (secondary N) is 2. The molecule has 1 aliphatic heterocycles. The Kier molecular flexibility index (Phi) is 10.4. The van der Waals surface area contributed by atoms with Crippen LogP contribution in [0.3, 0.4) is 0 Å². The largest absolute Gasteiger partial charge is 0.379 e. The number of benzene rings is 1. The molecule has 1 aromatic carbocycles. The standard InChI is InChI=1S/C20H29FN6O.HI/c1-2-23-20(24-8-10-26-9-7-22-16-26)25-15-19(27-11-13-28-14-12-27)17-3-5-18(21)6-4-17;/h3-7,9,16,19H,2,8,10-15H2,1H3,(H2,23,24,25);1H. The Hall–Kier alpha value is -1.72. The fourth-order valence-corrected chi connectivity index (χ4v) is 3.25. The van der Waals surface area contributed by atoms with Gasteiger partial charge in [-0.25, -0.2) is 9.37 Å². The maximum absolute atomic E-state index is 13.4. The van der Waals surface area contributed by atoms with Crippen LogP contribution in [0.5, 0.6) is 0 Å². The van der Waals surface area contributed by atoms with E-state index in [4.69, 9.17) is 9.73 Å². The maximum atomic E-state index is 13.4. The van der Waals surface area contributed by atoms with Crippen molar-refractivity contribution in [1.82, 2.24) is 25.1 Å². The van der Waals surface area contributed by atoms with E-state index < -0.39 is 0 Å². The van der Waals surface area contributed by atoms with Crippen LogP contribution >= 0.6 is 24.0 Å². The smallest absolute Gasteiger partial charge is 0.191 e. The highest BCUT2D eigenvalue weighted by Gasteiger charge is 2.22. The highest BCUT2D eigenvalue weighted by Crippen LogP contribution is 2.22. The Bertz CT molecular complexity index is 719. The molecule has 0 bridgehead atoms. The molecule has 1 unspecified atom stereocenters. The molecule has 29 heavy (non-hydrogen) atoms. The first kappa shape index (κ1) is 23.6. The van der Waals surface area contributed by atoms with E-state index in [2.05, 4.69) is 20.5 Å². The molecule has 1 atom stereocenters. The van der Waals surface area contributed by atoms with Crippen LogP contribution < -0.4 is 10.6 Å². The van der Waals surface area contributed by atoms with Gasteiger partial charge in [-0.2, -0.15) is 0 Å². The van der Waals surface area contributed by atoms with Crippen LogP contribution in [0.4, 0.5) is 4.39 Å². The molecule has 1 saturated heterocycles. The van der Waals surface area contributed by atoms with E-state index in [1.165, 1.54) is 12.1 Å². The molecule has 2 aromatic rings. The molecule has 0 radical (unpaired) electrons. The molecular formula is C20H30FIN6O. The normalized spacial score (nSPS) is 16.1. The van der Waals surface area contributed by atoms with Gasteiger partial charge in [0.1, 0.15) is 5.82 Å². The SMILES string of the molecule is CCNC(=NCC(c1ccc(F)cc1)N1CCOCC1)NCCn1ccnc1.I. The molecule has 9 heteroatoms. The number of hydrogen-bond acceptors (Lipinski definition) is 4. The van der Waals surface area contributed by atoms with Gasteiger partial charge >= 0.3 is 0 Å². The highest BCUT2D eigenvalue weighted by molar-refractivity contribution is 14.0. The second kappa shape index (κ2) is 12.8. The number of nitrogens with zero attached hydrogens (tertiary/aromatic N) is 4. The second-order valence-corrected chi connectivity index (χ2v) is 6.66. The Morgan fingerprint density at radius 2 is 2.00 bits per heavy atom. The van der Waals surface area contributed by atoms with Crippen molar-refractivity contribution >= 4 is 29.9 Å². The number of hydrogen-bond donors (Lipinski definition) is 2. The van der Waals surface area contributed by atoms with E-state index in [0.717, 1.165) is 44.2 Å². The maximum Gasteiger partial charge on any atom is 0.191 e. The third-order valence-corrected chi connectivity index (χ3v) is 4.73. The minimum atomic E-state index is -0.220. The van der Waals surface area contributed by atoms with Crippen molar-refractivity contribution in [1.29, 1.82) is 0 Å². The zero-order valence-electron chi connectivity index (χ0n) is 16.8.